The van der Waals surface area contributed by atoms with Crippen molar-refractivity contribution < 1.29 is 9.32 Å². The van der Waals surface area contributed by atoms with Gasteiger partial charge in [-0.1, -0.05) is 35.5 Å². The Kier molecular flexibility index (Phi) is 4.81. The van der Waals surface area contributed by atoms with Gasteiger partial charge in [-0.3, -0.25) is 4.79 Å². The van der Waals surface area contributed by atoms with E-state index < -0.39 is 0 Å². The topological polar surface area (TPSA) is 92.9 Å². The number of amides is 1. The van der Waals surface area contributed by atoms with E-state index >= 15 is 0 Å². The fourth-order valence-electron chi connectivity index (χ4n) is 2.16. The Morgan fingerprint density at radius 3 is 2.71 bits per heavy atom. The maximum Gasteiger partial charge on any atom is 0.275 e. The van der Waals surface area contributed by atoms with Gasteiger partial charge in [-0.15, -0.1) is 0 Å². The van der Waals surface area contributed by atoms with Crippen LogP contribution >= 0.6 is 0 Å². The van der Waals surface area contributed by atoms with Crippen molar-refractivity contribution in [3.05, 3.63) is 65.8 Å². The zero-order chi connectivity index (χ0) is 16.8. The van der Waals surface area contributed by atoms with Crippen LogP contribution in [0.3, 0.4) is 0 Å². The van der Waals surface area contributed by atoms with Crippen LogP contribution in [0.5, 0.6) is 0 Å². The molecule has 1 aromatic carbocycles. The van der Waals surface area contributed by atoms with Gasteiger partial charge in [0.15, 0.2) is 5.82 Å². The molecule has 3 rings (SSSR count). The second-order valence-electron chi connectivity index (χ2n) is 5.23. The summed E-state index contributed by atoms with van der Waals surface area (Å²) in [5.74, 6) is 1.21. The van der Waals surface area contributed by atoms with E-state index in [-0.39, 0.29) is 11.6 Å². The van der Waals surface area contributed by atoms with Crippen LogP contribution in [0.15, 0.2) is 53.3 Å². The van der Waals surface area contributed by atoms with Gasteiger partial charge in [-0.05, 0) is 18.9 Å². The van der Waals surface area contributed by atoms with Crippen molar-refractivity contribution in [3.63, 3.8) is 0 Å². The second-order valence-corrected chi connectivity index (χ2v) is 5.23. The highest BCUT2D eigenvalue weighted by Gasteiger charge is 2.11. The minimum Gasteiger partial charge on any atom is -0.370 e. The summed E-state index contributed by atoms with van der Waals surface area (Å²) in [6.07, 6.45) is 2.22. The smallest absolute Gasteiger partial charge is 0.275 e. The number of hydrogen-bond acceptors (Lipinski definition) is 6. The number of carbonyl (C=O) groups is 1. The summed E-state index contributed by atoms with van der Waals surface area (Å²) in [5, 5.41) is 9.54. The average molecular weight is 323 g/mol. The molecule has 7 heteroatoms. The van der Waals surface area contributed by atoms with Crippen LogP contribution in [0.2, 0.25) is 0 Å². The summed E-state index contributed by atoms with van der Waals surface area (Å²) in [6.45, 7) is 2.46. The van der Waals surface area contributed by atoms with Crippen molar-refractivity contribution in [2.45, 2.75) is 13.3 Å². The first kappa shape index (κ1) is 15.7. The number of hydrogen-bond donors (Lipinski definition) is 2. The van der Waals surface area contributed by atoms with Crippen LogP contribution in [0, 0.1) is 6.92 Å². The first-order valence-corrected chi connectivity index (χ1v) is 7.55. The third kappa shape index (κ3) is 4.16. The molecule has 1 amide bonds. The standard InChI is InChI=1S/C17H17N5O2/c1-12-9-16(22-24-12)21-17(23)14-10-15(20-11-19-14)18-8-7-13-5-3-2-4-6-13/h2-6,9-11H,7-8H2,1H3,(H,18,19,20)(H,21,22,23). The van der Waals surface area contributed by atoms with E-state index in [9.17, 15) is 4.79 Å². The molecule has 3 aromatic rings. The zero-order valence-corrected chi connectivity index (χ0v) is 13.2. The Hall–Kier alpha value is -3.22. The van der Waals surface area contributed by atoms with E-state index in [1.807, 2.05) is 18.2 Å². The molecule has 0 radical (unpaired) electrons. The Labute approximate surface area is 139 Å². The predicted octanol–water partition coefficient (Wildman–Crippen LogP) is 2.68. The molecule has 0 saturated heterocycles. The van der Waals surface area contributed by atoms with Gasteiger partial charge in [0, 0.05) is 18.7 Å². The Morgan fingerprint density at radius 1 is 1.12 bits per heavy atom. The van der Waals surface area contributed by atoms with Crippen LogP contribution in [0.25, 0.3) is 0 Å². The van der Waals surface area contributed by atoms with Crippen molar-refractivity contribution in [1.29, 1.82) is 0 Å². The molecule has 7 nitrogen and oxygen atoms in total. The van der Waals surface area contributed by atoms with E-state index in [1.165, 1.54) is 11.9 Å². The fourth-order valence-corrected chi connectivity index (χ4v) is 2.16. The van der Waals surface area contributed by atoms with Gasteiger partial charge in [-0.25, -0.2) is 9.97 Å². The highest BCUT2D eigenvalue weighted by Crippen LogP contribution is 2.10. The average Bonchev–Trinajstić information content (AvgIpc) is 3.01. The lowest BCUT2D eigenvalue weighted by Gasteiger charge is -2.07. The summed E-state index contributed by atoms with van der Waals surface area (Å²) in [6, 6.07) is 13.4. The molecule has 0 unspecified atom stereocenters. The van der Waals surface area contributed by atoms with Gasteiger partial charge in [0.25, 0.3) is 5.91 Å². The Bertz CT molecular complexity index is 817. The summed E-state index contributed by atoms with van der Waals surface area (Å²) >= 11 is 0. The predicted molar refractivity (Wildman–Crippen MR) is 89.9 cm³/mol. The molecule has 2 heterocycles. The third-order valence-corrected chi connectivity index (χ3v) is 3.33. The molecule has 24 heavy (non-hydrogen) atoms. The highest BCUT2D eigenvalue weighted by atomic mass is 16.5. The number of nitrogens with one attached hydrogen (secondary N) is 2. The number of anilines is 2. The largest absolute Gasteiger partial charge is 0.370 e. The van der Waals surface area contributed by atoms with E-state index in [0.29, 0.717) is 23.9 Å². The van der Waals surface area contributed by atoms with Gasteiger partial charge < -0.3 is 15.2 Å². The zero-order valence-electron chi connectivity index (χ0n) is 13.2. The van der Waals surface area contributed by atoms with Gasteiger partial charge >= 0.3 is 0 Å². The Balaban J connectivity index is 1.58. The lowest BCUT2D eigenvalue weighted by molar-refractivity contribution is 0.102. The normalized spacial score (nSPS) is 10.4. The first-order valence-electron chi connectivity index (χ1n) is 7.55. The fraction of sp³-hybridized carbons (Fsp3) is 0.176. The highest BCUT2D eigenvalue weighted by molar-refractivity contribution is 6.02. The van der Waals surface area contributed by atoms with Crippen LogP contribution in [0.1, 0.15) is 21.8 Å². The molecule has 0 atom stereocenters. The second kappa shape index (κ2) is 7.36. The van der Waals surface area contributed by atoms with E-state index in [4.69, 9.17) is 4.52 Å². The quantitative estimate of drug-likeness (QED) is 0.724. The molecule has 0 saturated carbocycles. The number of carbonyl (C=O) groups excluding carboxylic acids is 1. The molecule has 0 aliphatic carbocycles. The van der Waals surface area contributed by atoms with Crippen LogP contribution < -0.4 is 10.6 Å². The maximum absolute atomic E-state index is 12.2. The van der Waals surface area contributed by atoms with Gasteiger partial charge in [0.1, 0.15) is 23.6 Å². The van der Waals surface area contributed by atoms with Crippen molar-refractivity contribution >= 4 is 17.5 Å². The van der Waals surface area contributed by atoms with Crippen molar-refractivity contribution in [3.8, 4) is 0 Å². The van der Waals surface area contributed by atoms with E-state index in [2.05, 4.69) is 37.9 Å². The van der Waals surface area contributed by atoms with Gasteiger partial charge in [0.2, 0.25) is 0 Å². The molecule has 122 valence electrons. The molecule has 0 spiro atoms. The molecule has 0 bridgehead atoms. The maximum atomic E-state index is 12.2. The molecular weight excluding hydrogens is 306 g/mol. The molecule has 0 aliphatic heterocycles. The molecule has 0 aliphatic rings. The molecule has 2 N–H and O–H groups in total. The summed E-state index contributed by atoms with van der Waals surface area (Å²) in [4.78, 5) is 20.3. The summed E-state index contributed by atoms with van der Waals surface area (Å²) < 4.78 is 4.91. The lowest BCUT2D eigenvalue weighted by atomic mass is 10.1. The minimum atomic E-state index is -0.364. The molecule has 2 aromatic heterocycles. The summed E-state index contributed by atoms with van der Waals surface area (Å²) in [7, 11) is 0. The van der Waals surface area contributed by atoms with E-state index in [1.54, 1.807) is 19.1 Å². The molecule has 0 fully saturated rings. The first-order chi connectivity index (χ1) is 11.7. The lowest BCUT2D eigenvalue weighted by Crippen LogP contribution is -2.15. The number of aryl methyl sites for hydroxylation is 1. The van der Waals surface area contributed by atoms with Crippen LogP contribution in [0.4, 0.5) is 11.6 Å². The Morgan fingerprint density at radius 2 is 1.96 bits per heavy atom. The van der Waals surface area contributed by atoms with Crippen LogP contribution in [-0.2, 0) is 6.42 Å². The number of benzene rings is 1. The third-order valence-electron chi connectivity index (χ3n) is 3.33. The minimum absolute atomic E-state index is 0.257. The van der Waals surface area contributed by atoms with Crippen molar-refractivity contribution in [2.75, 3.05) is 17.2 Å². The summed E-state index contributed by atoms with van der Waals surface area (Å²) in [5.41, 5.74) is 1.49. The molecular formula is C17H17N5O2. The van der Waals surface area contributed by atoms with Crippen molar-refractivity contribution in [2.24, 2.45) is 0 Å². The van der Waals surface area contributed by atoms with Gasteiger partial charge in [0.05, 0.1) is 0 Å². The van der Waals surface area contributed by atoms with E-state index in [0.717, 1.165) is 6.42 Å². The number of nitrogens with zero attached hydrogens (tertiary/aromatic N) is 3. The van der Waals surface area contributed by atoms with Crippen LogP contribution in [-0.4, -0.2) is 27.6 Å². The number of aromatic nitrogens is 3. The van der Waals surface area contributed by atoms with Gasteiger partial charge in [-0.2, -0.15) is 0 Å². The SMILES string of the molecule is Cc1cc(NC(=O)c2cc(NCCc3ccccc3)ncn2)no1. The number of rotatable bonds is 6. The van der Waals surface area contributed by atoms with Crippen molar-refractivity contribution in [1.82, 2.24) is 15.1 Å². The monoisotopic (exact) mass is 323 g/mol.